The highest BCUT2D eigenvalue weighted by atomic mass is 14.2. The minimum atomic E-state index is 0.979. The van der Waals surface area contributed by atoms with Gasteiger partial charge in [0.25, 0.3) is 0 Å². The van der Waals surface area contributed by atoms with Gasteiger partial charge in [0.2, 0.25) is 0 Å². The first-order valence-electron chi connectivity index (χ1n) is 7.40. The molecule has 1 fully saturated rings. The van der Waals surface area contributed by atoms with Crippen molar-refractivity contribution in [3.05, 3.63) is 35.9 Å². The third-order valence-electron chi connectivity index (χ3n) is 2.84. The third-order valence-corrected chi connectivity index (χ3v) is 2.84. The maximum absolute atomic E-state index is 2.25. The minimum Gasteiger partial charge on any atom is -0.0683 e. The summed E-state index contributed by atoms with van der Waals surface area (Å²) in [6.45, 7) is 8.25. The zero-order valence-corrected chi connectivity index (χ0v) is 12.2. The Labute approximate surface area is 108 Å². The van der Waals surface area contributed by atoms with Crippen molar-refractivity contribution in [2.75, 3.05) is 0 Å². The van der Waals surface area contributed by atoms with E-state index in [-0.39, 0.29) is 0 Å². The van der Waals surface area contributed by atoms with E-state index in [0.29, 0.717) is 0 Å². The SMILES string of the molecule is CC.CCC.c1ccc(CC2CCCC2)cc1. The van der Waals surface area contributed by atoms with Gasteiger partial charge in [-0.25, -0.2) is 0 Å². The van der Waals surface area contributed by atoms with Crippen LogP contribution in [0.25, 0.3) is 0 Å². The lowest BCUT2D eigenvalue weighted by atomic mass is 9.98. The first-order valence-corrected chi connectivity index (χ1v) is 7.40. The number of hydrogen-bond donors (Lipinski definition) is 0. The molecular weight excluding hydrogens is 204 g/mol. The molecule has 0 unspecified atom stereocenters. The summed E-state index contributed by atoms with van der Waals surface area (Å²) in [4.78, 5) is 0. The highest BCUT2D eigenvalue weighted by molar-refractivity contribution is 5.15. The molecule has 0 amide bonds. The summed E-state index contributed by atoms with van der Waals surface area (Å²) >= 11 is 0. The molecule has 1 saturated carbocycles. The van der Waals surface area contributed by atoms with Crippen LogP contribution in [-0.4, -0.2) is 0 Å². The van der Waals surface area contributed by atoms with E-state index in [0.717, 1.165) is 5.92 Å². The number of hydrogen-bond acceptors (Lipinski definition) is 0. The number of benzene rings is 1. The maximum Gasteiger partial charge on any atom is -0.0250 e. The van der Waals surface area contributed by atoms with E-state index < -0.39 is 0 Å². The van der Waals surface area contributed by atoms with Crippen LogP contribution in [-0.2, 0) is 6.42 Å². The summed E-state index contributed by atoms with van der Waals surface area (Å²) in [5.74, 6) is 0.979. The van der Waals surface area contributed by atoms with Crippen molar-refractivity contribution in [2.45, 2.75) is 66.2 Å². The Balaban J connectivity index is 0.000000450. The van der Waals surface area contributed by atoms with Gasteiger partial charge in [-0.15, -0.1) is 0 Å². The lowest BCUT2D eigenvalue weighted by molar-refractivity contribution is 0.546. The minimum absolute atomic E-state index is 0.979. The Morgan fingerprint density at radius 3 is 1.88 bits per heavy atom. The molecule has 0 radical (unpaired) electrons. The Morgan fingerprint density at radius 2 is 1.41 bits per heavy atom. The summed E-state index contributed by atoms with van der Waals surface area (Å²) in [5.41, 5.74) is 1.52. The summed E-state index contributed by atoms with van der Waals surface area (Å²) in [6, 6.07) is 10.9. The largest absolute Gasteiger partial charge is 0.0683 e. The van der Waals surface area contributed by atoms with Crippen molar-refractivity contribution in [3.63, 3.8) is 0 Å². The van der Waals surface area contributed by atoms with E-state index in [1.807, 2.05) is 13.8 Å². The molecule has 98 valence electrons. The van der Waals surface area contributed by atoms with E-state index >= 15 is 0 Å². The highest BCUT2D eigenvalue weighted by Crippen LogP contribution is 2.27. The first-order chi connectivity index (χ1) is 8.36. The van der Waals surface area contributed by atoms with Gasteiger partial charge >= 0.3 is 0 Å². The topological polar surface area (TPSA) is 0 Å². The molecule has 0 saturated heterocycles. The Morgan fingerprint density at radius 1 is 0.941 bits per heavy atom. The lowest BCUT2D eigenvalue weighted by Crippen LogP contribution is -1.97. The van der Waals surface area contributed by atoms with E-state index in [9.17, 15) is 0 Å². The van der Waals surface area contributed by atoms with Gasteiger partial charge < -0.3 is 0 Å². The molecule has 0 aliphatic heterocycles. The normalized spacial score (nSPS) is 14.4. The maximum atomic E-state index is 2.25. The average molecular weight is 234 g/mol. The van der Waals surface area contributed by atoms with Crippen molar-refractivity contribution in [1.29, 1.82) is 0 Å². The molecule has 0 spiro atoms. The molecule has 0 atom stereocenters. The zero-order valence-electron chi connectivity index (χ0n) is 12.2. The molecule has 0 nitrogen and oxygen atoms in total. The van der Waals surface area contributed by atoms with Gasteiger partial charge in [0.05, 0.1) is 0 Å². The summed E-state index contributed by atoms with van der Waals surface area (Å²) in [5, 5.41) is 0. The van der Waals surface area contributed by atoms with Gasteiger partial charge in [-0.2, -0.15) is 0 Å². The van der Waals surface area contributed by atoms with Crippen LogP contribution in [0.5, 0.6) is 0 Å². The first kappa shape index (κ1) is 16.2. The van der Waals surface area contributed by atoms with Gasteiger partial charge in [0.1, 0.15) is 0 Å². The van der Waals surface area contributed by atoms with E-state index in [4.69, 9.17) is 0 Å². The van der Waals surface area contributed by atoms with Crippen LogP contribution < -0.4 is 0 Å². The molecule has 1 aliphatic rings. The zero-order chi connectivity index (χ0) is 12.9. The fraction of sp³-hybridized carbons (Fsp3) is 0.647. The molecule has 1 aromatic rings. The van der Waals surface area contributed by atoms with Crippen molar-refractivity contribution in [1.82, 2.24) is 0 Å². The van der Waals surface area contributed by atoms with Gasteiger partial charge in [0, 0.05) is 0 Å². The standard InChI is InChI=1S/C12H16.C3H8.C2H6/c1-2-6-11(7-3-1)10-12-8-4-5-9-12;1-3-2;1-2/h1-3,6-7,12H,4-5,8-10H2;3H2,1-2H3;1-2H3. The molecule has 2 rings (SSSR count). The molecule has 0 aromatic heterocycles. The number of rotatable bonds is 2. The van der Waals surface area contributed by atoms with Gasteiger partial charge in [-0.05, 0) is 17.9 Å². The summed E-state index contributed by atoms with van der Waals surface area (Å²) in [7, 11) is 0. The second-order valence-electron chi connectivity index (χ2n) is 4.55. The van der Waals surface area contributed by atoms with Crippen molar-refractivity contribution < 1.29 is 0 Å². The van der Waals surface area contributed by atoms with Gasteiger partial charge in [-0.1, -0.05) is 90.1 Å². The van der Waals surface area contributed by atoms with E-state index in [1.54, 1.807) is 0 Å². The quantitative estimate of drug-likeness (QED) is 0.601. The van der Waals surface area contributed by atoms with Crippen molar-refractivity contribution in [2.24, 2.45) is 5.92 Å². The molecule has 1 aromatic carbocycles. The Hall–Kier alpha value is -0.780. The smallest absolute Gasteiger partial charge is 0.0250 e. The molecule has 0 N–H and O–H groups in total. The summed E-state index contributed by atoms with van der Waals surface area (Å²) < 4.78 is 0. The van der Waals surface area contributed by atoms with Crippen LogP contribution in [0.2, 0.25) is 0 Å². The average Bonchev–Trinajstić information content (AvgIpc) is 2.87. The summed E-state index contributed by atoms with van der Waals surface area (Å²) in [6.07, 6.45) is 8.37. The van der Waals surface area contributed by atoms with Crippen LogP contribution >= 0.6 is 0 Å². The molecule has 0 heterocycles. The highest BCUT2D eigenvalue weighted by Gasteiger charge is 2.14. The van der Waals surface area contributed by atoms with E-state index in [2.05, 4.69) is 44.2 Å². The third kappa shape index (κ3) is 8.01. The monoisotopic (exact) mass is 234 g/mol. The fourth-order valence-electron chi connectivity index (χ4n) is 2.16. The van der Waals surface area contributed by atoms with Crippen LogP contribution in [0.15, 0.2) is 30.3 Å². The van der Waals surface area contributed by atoms with Crippen molar-refractivity contribution in [3.8, 4) is 0 Å². The Bertz CT molecular complexity index is 231. The lowest BCUT2D eigenvalue weighted by Gasteiger charge is -2.07. The van der Waals surface area contributed by atoms with Gasteiger partial charge in [0.15, 0.2) is 0 Å². The predicted molar refractivity (Wildman–Crippen MR) is 79.4 cm³/mol. The van der Waals surface area contributed by atoms with Crippen LogP contribution in [0.3, 0.4) is 0 Å². The fourth-order valence-corrected chi connectivity index (χ4v) is 2.16. The molecule has 1 aliphatic carbocycles. The van der Waals surface area contributed by atoms with Crippen molar-refractivity contribution >= 4 is 0 Å². The second-order valence-corrected chi connectivity index (χ2v) is 4.55. The van der Waals surface area contributed by atoms with Crippen LogP contribution in [0.1, 0.15) is 65.4 Å². The van der Waals surface area contributed by atoms with Crippen LogP contribution in [0, 0.1) is 5.92 Å². The molecular formula is C17H30. The molecule has 17 heavy (non-hydrogen) atoms. The van der Waals surface area contributed by atoms with Crippen LogP contribution in [0.4, 0.5) is 0 Å². The molecule has 0 bridgehead atoms. The predicted octanol–water partition coefficient (Wildman–Crippen LogP) is 5.86. The second kappa shape index (κ2) is 11.7. The Kier molecular flexibility index (Phi) is 11.2. The molecule has 0 heteroatoms. The van der Waals surface area contributed by atoms with E-state index in [1.165, 1.54) is 44.1 Å². The van der Waals surface area contributed by atoms with Gasteiger partial charge in [-0.3, -0.25) is 0 Å².